The first-order valence-corrected chi connectivity index (χ1v) is 3.97. The van der Waals surface area contributed by atoms with Gasteiger partial charge in [-0.25, -0.2) is 0 Å². The molecule has 0 unspecified atom stereocenters. The van der Waals surface area contributed by atoms with Crippen LogP contribution in [0.1, 0.15) is 27.7 Å². The van der Waals surface area contributed by atoms with Gasteiger partial charge in [-0.15, -0.1) is 11.5 Å². The molecule has 1 radical (unpaired) electrons. The van der Waals surface area contributed by atoms with Crippen LogP contribution in [0.15, 0.2) is 23.7 Å². The van der Waals surface area contributed by atoms with Gasteiger partial charge in [0.05, 0.1) is 0 Å². The molecule has 0 spiro atoms. The minimum atomic E-state index is -0.187. The third-order valence-corrected chi connectivity index (χ3v) is 0.813. The molecule has 0 aliphatic carbocycles. The molecule has 0 amide bonds. The van der Waals surface area contributed by atoms with Crippen molar-refractivity contribution in [2.75, 3.05) is 0 Å². The summed E-state index contributed by atoms with van der Waals surface area (Å²) in [4.78, 5) is 20.0. The van der Waals surface area contributed by atoms with Crippen LogP contribution in [-0.4, -0.2) is 11.6 Å². The van der Waals surface area contributed by atoms with Crippen molar-refractivity contribution in [2.45, 2.75) is 27.7 Å². The summed E-state index contributed by atoms with van der Waals surface area (Å²) in [6.45, 7) is 5.39. The van der Waals surface area contributed by atoms with Gasteiger partial charge in [0.25, 0.3) is 0 Å². The van der Waals surface area contributed by atoms with Crippen LogP contribution in [0, 0.1) is 0 Å². The first kappa shape index (κ1) is 19.5. The Balaban J connectivity index is -0.000000180. The molecule has 0 heterocycles. The van der Waals surface area contributed by atoms with E-state index >= 15 is 0 Å². The third-order valence-electron chi connectivity index (χ3n) is 0.813. The molecule has 4 nitrogen and oxygen atoms in total. The van der Waals surface area contributed by atoms with Crippen molar-refractivity contribution in [2.24, 2.45) is 0 Å². The Morgan fingerprint density at radius 3 is 1.00 bits per heavy atom. The van der Waals surface area contributed by atoms with Gasteiger partial charge in [0.2, 0.25) is 0 Å². The predicted molar refractivity (Wildman–Crippen MR) is 48.9 cm³/mol. The molecule has 5 heteroatoms. The van der Waals surface area contributed by atoms with Gasteiger partial charge in [0.1, 0.15) is 0 Å². The number of carbonyl (C=O) groups excluding carboxylic acids is 2. The fraction of sp³-hybridized carbons (Fsp3) is 0.400. The van der Waals surface area contributed by atoms with E-state index in [0.717, 1.165) is 12.2 Å². The van der Waals surface area contributed by atoms with Crippen LogP contribution in [0.3, 0.4) is 0 Å². The number of ketones is 2. The van der Waals surface area contributed by atoms with E-state index in [-0.39, 0.29) is 40.2 Å². The zero-order chi connectivity index (χ0) is 11.7. The summed E-state index contributed by atoms with van der Waals surface area (Å²) in [6, 6.07) is 0. The molecule has 0 N–H and O–H groups in total. The second kappa shape index (κ2) is 11.0. The summed E-state index contributed by atoms with van der Waals surface area (Å²) in [6.07, 6.45) is 2.11. The topological polar surface area (TPSA) is 80.3 Å². The van der Waals surface area contributed by atoms with Gasteiger partial charge < -0.3 is 10.2 Å². The summed E-state index contributed by atoms with van der Waals surface area (Å²) in [5.74, 6) is -0.750. The molecular weight excluding hydrogens is 248 g/mol. The number of rotatable bonds is 2. The first-order valence-electron chi connectivity index (χ1n) is 3.97. The van der Waals surface area contributed by atoms with E-state index in [1.54, 1.807) is 0 Å². The van der Waals surface area contributed by atoms with Crippen molar-refractivity contribution < 1.29 is 36.9 Å². The Hall–Kier alpha value is -1.06. The maximum Gasteiger partial charge on any atom is 2.00 e. The van der Waals surface area contributed by atoms with Gasteiger partial charge >= 0.3 is 17.1 Å². The van der Waals surface area contributed by atoms with Gasteiger partial charge in [-0.2, -0.15) is 0 Å². The number of hydrogen-bond donors (Lipinski definition) is 0. The van der Waals surface area contributed by atoms with Crippen molar-refractivity contribution >= 4 is 11.6 Å². The maximum atomic E-state index is 9.98. The Labute approximate surface area is 100 Å². The fourth-order valence-electron chi connectivity index (χ4n) is 0.572. The van der Waals surface area contributed by atoms with E-state index in [4.69, 9.17) is 0 Å². The fourth-order valence-corrected chi connectivity index (χ4v) is 0.572. The predicted octanol–water partition coefficient (Wildman–Crippen LogP) is -0.324. The summed E-state index contributed by atoms with van der Waals surface area (Å²) in [5.41, 5.74) is 0. The largest absolute Gasteiger partial charge is 2.00 e. The van der Waals surface area contributed by atoms with E-state index in [1.807, 2.05) is 0 Å². The molecular formula is C10H14CuO4. The molecule has 0 fully saturated rings. The second-order valence-corrected chi connectivity index (χ2v) is 2.73. The molecule has 0 saturated heterocycles. The average Bonchev–Trinajstić information content (AvgIpc) is 1.79. The van der Waals surface area contributed by atoms with Gasteiger partial charge in [-0.1, -0.05) is 13.8 Å². The van der Waals surface area contributed by atoms with Crippen LogP contribution >= 0.6 is 0 Å². The molecule has 0 aromatic rings. The van der Waals surface area contributed by atoms with Gasteiger partial charge in [-0.3, -0.25) is 9.59 Å². The Morgan fingerprint density at radius 1 is 0.800 bits per heavy atom. The van der Waals surface area contributed by atoms with E-state index in [0.29, 0.717) is 0 Å². The average molecular weight is 262 g/mol. The Bertz CT molecular complexity index is 231. The van der Waals surface area contributed by atoms with Gasteiger partial charge in [0, 0.05) is 0 Å². The van der Waals surface area contributed by atoms with E-state index < -0.39 is 0 Å². The summed E-state index contributed by atoms with van der Waals surface area (Å²) in [7, 11) is 0. The van der Waals surface area contributed by atoms with Crippen LogP contribution in [0.4, 0.5) is 0 Å². The molecule has 0 aromatic carbocycles. The summed E-state index contributed by atoms with van der Waals surface area (Å²) >= 11 is 0. The first-order chi connectivity index (χ1) is 6.25. The standard InChI is InChI=1S/2C5H8O2.Cu/c2*1-4(6)3-5(2)7;/h2*3,6H,1-2H3;/q;;+2/p-2. The van der Waals surface area contributed by atoms with Crippen LogP contribution < -0.4 is 10.2 Å². The quantitative estimate of drug-likeness (QED) is 0.388. The second-order valence-electron chi connectivity index (χ2n) is 2.73. The molecule has 0 saturated carbocycles. The normalized spacial score (nSPS) is 10.7. The molecule has 89 valence electrons. The molecule has 0 aliphatic rings. The third kappa shape index (κ3) is 32.2. The monoisotopic (exact) mass is 261 g/mol. The smallest absolute Gasteiger partial charge is 0.876 e. The molecule has 15 heavy (non-hydrogen) atoms. The molecule has 0 bridgehead atoms. The molecule has 0 aromatic heterocycles. The van der Waals surface area contributed by atoms with Crippen LogP contribution in [0.5, 0.6) is 0 Å². The van der Waals surface area contributed by atoms with Crippen molar-refractivity contribution in [3.05, 3.63) is 23.7 Å². The van der Waals surface area contributed by atoms with Crippen molar-refractivity contribution in [3.63, 3.8) is 0 Å². The van der Waals surface area contributed by atoms with Crippen molar-refractivity contribution in [3.8, 4) is 0 Å². The van der Waals surface area contributed by atoms with Crippen molar-refractivity contribution in [1.29, 1.82) is 0 Å². The zero-order valence-corrected chi connectivity index (χ0v) is 10.0. The molecule has 0 aliphatic heterocycles. The summed E-state index contributed by atoms with van der Waals surface area (Å²) < 4.78 is 0. The van der Waals surface area contributed by atoms with E-state index in [9.17, 15) is 19.8 Å². The maximum absolute atomic E-state index is 9.98. The van der Waals surface area contributed by atoms with Gasteiger partial charge in [0.15, 0.2) is 11.6 Å². The Kier molecular flexibility index (Phi) is 14.3. The minimum Gasteiger partial charge on any atom is -0.876 e. The minimum absolute atomic E-state index is 0. The molecule has 0 atom stereocenters. The van der Waals surface area contributed by atoms with Crippen LogP contribution in [0.2, 0.25) is 0 Å². The van der Waals surface area contributed by atoms with E-state index in [2.05, 4.69) is 0 Å². The molecule has 0 rings (SSSR count). The number of allylic oxidation sites excluding steroid dienone is 4. The van der Waals surface area contributed by atoms with E-state index in [1.165, 1.54) is 27.7 Å². The van der Waals surface area contributed by atoms with Crippen molar-refractivity contribution in [1.82, 2.24) is 0 Å². The van der Waals surface area contributed by atoms with Crippen LogP contribution in [0.25, 0.3) is 0 Å². The SMILES string of the molecule is CC(=O)C=C(C)[O-].CC(=O)C=C(C)[O-].[Cu+2]. The summed E-state index contributed by atoms with van der Waals surface area (Å²) in [5, 5.41) is 20.0. The Morgan fingerprint density at radius 2 is 1.00 bits per heavy atom. The number of hydrogen-bond acceptors (Lipinski definition) is 4. The number of carbonyl (C=O) groups is 2. The van der Waals surface area contributed by atoms with Gasteiger partial charge in [-0.05, 0) is 26.0 Å². The van der Waals surface area contributed by atoms with Crippen LogP contribution in [-0.2, 0) is 26.7 Å². The zero-order valence-electron chi connectivity index (χ0n) is 9.09.